The third-order valence-corrected chi connectivity index (χ3v) is 7.66. The smallest absolute Gasteiger partial charge is 0.393 e. The van der Waals surface area contributed by atoms with Gasteiger partial charge in [0, 0.05) is 35.3 Å². The number of hydrogen-bond acceptors (Lipinski definition) is 9. The van der Waals surface area contributed by atoms with Crippen molar-refractivity contribution in [3.63, 3.8) is 0 Å². The first-order chi connectivity index (χ1) is 18.6. The van der Waals surface area contributed by atoms with Crippen LogP contribution in [0.4, 0.5) is 19.0 Å². The van der Waals surface area contributed by atoms with Gasteiger partial charge >= 0.3 is 6.18 Å². The largest absolute Gasteiger partial charge is 0.491 e. The molecule has 1 saturated carbocycles. The van der Waals surface area contributed by atoms with Gasteiger partial charge in [0.1, 0.15) is 17.0 Å². The quantitative estimate of drug-likeness (QED) is 0.201. The fourth-order valence-electron chi connectivity index (χ4n) is 4.64. The molecule has 0 spiro atoms. The van der Waals surface area contributed by atoms with Gasteiger partial charge in [-0.25, -0.2) is 9.97 Å². The lowest BCUT2D eigenvalue weighted by atomic mass is 9.90. The van der Waals surface area contributed by atoms with Gasteiger partial charge in [-0.2, -0.15) is 13.2 Å². The number of allylic oxidation sites excluding steroid dienone is 1. The summed E-state index contributed by atoms with van der Waals surface area (Å²) in [7, 11) is 2.95. The standard InChI is InChI=1S/C27H33F3N6O2S/c1-37-23(24(32)38-2)12-22(31)17-8-6-16(7-9-17)14-33-18-4-3-5-19(10-18)36-25-21-11-20(13-27(28,29)30)39-26(21)35-15-34-25/h6-9,11-12,15,18-19,33H,3-5,10,13-14,31-32H2,1-2H3,(H,34,35,36)/b22-12-,24-23-/t18-,19+/m0/s1. The van der Waals surface area contributed by atoms with Crippen LogP contribution in [-0.4, -0.2) is 42.4 Å². The number of nitrogens with one attached hydrogen (secondary N) is 2. The highest BCUT2D eigenvalue weighted by atomic mass is 32.1. The van der Waals surface area contributed by atoms with Gasteiger partial charge in [-0.15, -0.1) is 11.3 Å². The Hall–Kier alpha value is -3.51. The number of thiophene rings is 1. The van der Waals surface area contributed by atoms with Crippen molar-refractivity contribution < 1.29 is 22.6 Å². The molecule has 1 aliphatic carbocycles. The number of ether oxygens (including phenoxy) is 2. The van der Waals surface area contributed by atoms with Crippen molar-refractivity contribution in [1.82, 2.24) is 15.3 Å². The van der Waals surface area contributed by atoms with Crippen molar-refractivity contribution in [2.45, 2.75) is 56.9 Å². The van der Waals surface area contributed by atoms with E-state index >= 15 is 0 Å². The van der Waals surface area contributed by atoms with Gasteiger partial charge in [-0.1, -0.05) is 24.3 Å². The molecule has 2 atom stereocenters. The van der Waals surface area contributed by atoms with Crippen LogP contribution in [0.2, 0.25) is 0 Å². The summed E-state index contributed by atoms with van der Waals surface area (Å²) in [5, 5.41) is 7.74. The van der Waals surface area contributed by atoms with E-state index in [0.717, 1.165) is 48.1 Å². The molecule has 8 nitrogen and oxygen atoms in total. The summed E-state index contributed by atoms with van der Waals surface area (Å²) in [6.07, 6.45) is 1.75. The van der Waals surface area contributed by atoms with Gasteiger partial charge < -0.3 is 31.6 Å². The zero-order valence-electron chi connectivity index (χ0n) is 21.8. The second-order valence-electron chi connectivity index (χ2n) is 9.46. The average Bonchev–Trinajstić information content (AvgIpc) is 3.32. The molecule has 2 aromatic heterocycles. The summed E-state index contributed by atoms with van der Waals surface area (Å²) in [5.74, 6) is 1.09. The van der Waals surface area contributed by atoms with Crippen LogP contribution in [-0.2, 0) is 22.4 Å². The number of nitrogens with zero attached hydrogens (tertiary/aromatic N) is 2. The van der Waals surface area contributed by atoms with E-state index in [0.29, 0.717) is 40.1 Å². The summed E-state index contributed by atoms with van der Waals surface area (Å²) < 4.78 is 48.8. The minimum absolute atomic E-state index is 0.146. The Morgan fingerprint density at radius 3 is 2.54 bits per heavy atom. The SMILES string of the molecule is CO/C(N)=C(/C=C(\N)c1ccc(CN[C@H]2CCC[C@@H](Nc3ncnc4sc(CC(F)(F)F)cc34)C2)cc1)OC. The fraction of sp³-hybridized carbons (Fsp3) is 0.407. The van der Waals surface area contributed by atoms with E-state index in [-0.39, 0.29) is 16.8 Å². The van der Waals surface area contributed by atoms with Gasteiger partial charge in [0.05, 0.1) is 26.0 Å². The van der Waals surface area contributed by atoms with Gasteiger partial charge in [0.2, 0.25) is 5.88 Å². The number of aromatic nitrogens is 2. The number of anilines is 1. The molecule has 0 unspecified atom stereocenters. The first kappa shape index (κ1) is 28.5. The first-order valence-electron chi connectivity index (χ1n) is 12.6. The molecule has 0 amide bonds. The summed E-state index contributed by atoms with van der Waals surface area (Å²) in [4.78, 5) is 9.30. The van der Waals surface area contributed by atoms with Crippen molar-refractivity contribution in [3.8, 4) is 0 Å². The summed E-state index contributed by atoms with van der Waals surface area (Å²) in [6.45, 7) is 0.699. The second-order valence-corrected chi connectivity index (χ2v) is 10.6. The number of hydrogen-bond donors (Lipinski definition) is 4. The number of rotatable bonds is 10. The Kier molecular flexibility index (Phi) is 9.18. The van der Waals surface area contributed by atoms with Crippen LogP contribution in [0.1, 0.15) is 41.7 Å². The molecule has 4 rings (SSSR count). The molecule has 2 heterocycles. The van der Waals surface area contributed by atoms with E-state index in [4.69, 9.17) is 20.9 Å². The highest BCUT2D eigenvalue weighted by Crippen LogP contribution is 2.33. The van der Waals surface area contributed by atoms with Gasteiger partial charge in [0.25, 0.3) is 0 Å². The van der Waals surface area contributed by atoms with Crippen LogP contribution in [0.3, 0.4) is 0 Å². The number of nitrogens with two attached hydrogens (primary N) is 2. The monoisotopic (exact) mass is 562 g/mol. The molecule has 1 fully saturated rings. The number of fused-ring (bicyclic) bond motifs is 1. The molecule has 0 bridgehead atoms. The van der Waals surface area contributed by atoms with Gasteiger partial charge in [-0.05, 0) is 42.9 Å². The maximum atomic E-state index is 12.9. The Morgan fingerprint density at radius 2 is 1.85 bits per heavy atom. The van der Waals surface area contributed by atoms with Crippen LogP contribution in [0.15, 0.2) is 54.4 Å². The summed E-state index contributed by atoms with van der Waals surface area (Å²) >= 11 is 1.06. The van der Waals surface area contributed by atoms with E-state index in [1.54, 1.807) is 12.1 Å². The van der Waals surface area contributed by atoms with Crippen molar-refractivity contribution in [2.75, 3.05) is 19.5 Å². The minimum atomic E-state index is -4.25. The molecule has 12 heteroatoms. The molecule has 3 aromatic rings. The van der Waals surface area contributed by atoms with Crippen LogP contribution in [0.5, 0.6) is 0 Å². The lowest BCUT2D eigenvalue weighted by Gasteiger charge is -2.31. The Balaban J connectivity index is 1.34. The lowest BCUT2D eigenvalue weighted by molar-refractivity contribution is -0.126. The Bertz CT molecular complexity index is 1320. The van der Waals surface area contributed by atoms with E-state index < -0.39 is 12.6 Å². The van der Waals surface area contributed by atoms with Crippen LogP contribution in [0, 0.1) is 0 Å². The third-order valence-electron chi connectivity index (χ3n) is 6.62. The van der Waals surface area contributed by atoms with Crippen LogP contribution < -0.4 is 22.1 Å². The van der Waals surface area contributed by atoms with Gasteiger partial charge in [-0.3, -0.25) is 0 Å². The fourth-order valence-corrected chi connectivity index (χ4v) is 5.66. The molecule has 0 aliphatic heterocycles. The summed E-state index contributed by atoms with van der Waals surface area (Å²) in [6, 6.07) is 9.94. The molecule has 0 radical (unpaired) electrons. The topological polar surface area (TPSA) is 120 Å². The van der Waals surface area contributed by atoms with Crippen molar-refractivity contribution >= 4 is 33.1 Å². The Labute approximate surface area is 229 Å². The molecule has 0 saturated heterocycles. The first-order valence-corrected chi connectivity index (χ1v) is 13.4. The Morgan fingerprint density at radius 1 is 1.10 bits per heavy atom. The molecule has 1 aromatic carbocycles. The number of methoxy groups -OCH3 is 2. The maximum absolute atomic E-state index is 12.9. The minimum Gasteiger partial charge on any atom is -0.491 e. The van der Waals surface area contributed by atoms with Crippen molar-refractivity contribution in [3.05, 3.63) is 70.4 Å². The third kappa shape index (κ3) is 7.76. The van der Waals surface area contributed by atoms with E-state index in [1.165, 1.54) is 20.5 Å². The zero-order valence-corrected chi connectivity index (χ0v) is 22.7. The predicted molar refractivity (Wildman–Crippen MR) is 148 cm³/mol. The zero-order chi connectivity index (χ0) is 28.0. The van der Waals surface area contributed by atoms with E-state index in [2.05, 4.69) is 20.6 Å². The summed E-state index contributed by atoms with van der Waals surface area (Å²) in [5.41, 5.74) is 14.4. The van der Waals surface area contributed by atoms with Crippen molar-refractivity contribution in [2.24, 2.45) is 11.5 Å². The van der Waals surface area contributed by atoms with E-state index in [9.17, 15) is 13.2 Å². The maximum Gasteiger partial charge on any atom is 0.393 e. The highest BCUT2D eigenvalue weighted by Gasteiger charge is 2.29. The molecule has 1 aliphatic rings. The van der Waals surface area contributed by atoms with Crippen LogP contribution in [0.25, 0.3) is 15.9 Å². The van der Waals surface area contributed by atoms with Crippen molar-refractivity contribution in [1.29, 1.82) is 0 Å². The predicted octanol–water partition coefficient (Wildman–Crippen LogP) is 5.03. The molecule has 39 heavy (non-hydrogen) atoms. The number of alkyl halides is 3. The average molecular weight is 563 g/mol. The van der Waals surface area contributed by atoms with Crippen LogP contribution >= 0.6 is 11.3 Å². The number of benzene rings is 1. The second kappa shape index (κ2) is 12.6. The molecular weight excluding hydrogens is 529 g/mol. The lowest BCUT2D eigenvalue weighted by Crippen LogP contribution is -2.38. The highest BCUT2D eigenvalue weighted by molar-refractivity contribution is 7.18. The molecule has 210 valence electrons. The number of halogens is 3. The van der Waals surface area contributed by atoms with E-state index in [1.807, 2.05) is 24.3 Å². The molecule has 6 N–H and O–H groups in total. The molecular formula is C27H33F3N6O2S. The normalized spacial score (nSPS) is 19.1. The van der Waals surface area contributed by atoms with Gasteiger partial charge in [0.15, 0.2) is 5.76 Å².